The predicted molar refractivity (Wildman–Crippen MR) is 75.4 cm³/mol. The van der Waals surface area contributed by atoms with Crippen LogP contribution in [-0.4, -0.2) is 33.9 Å². The van der Waals surface area contributed by atoms with Gasteiger partial charge in [-0.1, -0.05) is 12.2 Å². The van der Waals surface area contributed by atoms with Crippen LogP contribution in [0.15, 0.2) is 12.2 Å². The highest BCUT2D eigenvalue weighted by Crippen LogP contribution is 2.36. The minimum atomic E-state index is -4.51. The number of aliphatic hydroxyl groups excluding tert-OH is 1. The Morgan fingerprint density at radius 1 is 1.43 bits per heavy atom. The predicted octanol–water partition coefficient (Wildman–Crippen LogP) is 1.59. The van der Waals surface area contributed by atoms with Gasteiger partial charge in [-0.2, -0.15) is 18.3 Å². The van der Waals surface area contributed by atoms with E-state index in [0.29, 0.717) is 25.0 Å². The Labute approximate surface area is 131 Å². The molecule has 1 aromatic rings. The number of aryl methyl sites for hydroxylation is 1. The van der Waals surface area contributed by atoms with Gasteiger partial charge >= 0.3 is 6.18 Å². The topological polar surface area (TPSA) is 78.0 Å². The number of H-pyrrole nitrogens is 1. The van der Waals surface area contributed by atoms with Crippen LogP contribution in [0.3, 0.4) is 0 Å². The SMILES string of the molecule is O=C(N[C@@H]1C=C[C@H](CO)C1)C1CCc2[nH]nc(C(F)(F)F)c2C1. The van der Waals surface area contributed by atoms with Crippen LogP contribution in [0.25, 0.3) is 0 Å². The van der Waals surface area contributed by atoms with Crippen molar-refractivity contribution < 1.29 is 23.1 Å². The number of aromatic amines is 1. The number of carbonyl (C=O) groups is 1. The van der Waals surface area contributed by atoms with Crippen molar-refractivity contribution >= 4 is 5.91 Å². The molecule has 2 aliphatic rings. The van der Waals surface area contributed by atoms with Crippen LogP contribution >= 0.6 is 0 Å². The summed E-state index contributed by atoms with van der Waals surface area (Å²) in [6.07, 6.45) is 0.722. The van der Waals surface area contributed by atoms with Gasteiger partial charge in [-0.25, -0.2) is 0 Å². The maximum Gasteiger partial charge on any atom is 0.435 e. The zero-order valence-electron chi connectivity index (χ0n) is 12.4. The van der Waals surface area contributed by atoms with Crippen LogP contribution in [0.2, 0.25) is 0 Å². The molecular formula is C15H18F3N3O2. The van der Waals surface area contributed by atoms with E-state index >= 15 is 0 Å². The van der Waals surface area contributed by atoms with Crippen LogP contribution in [0.1, 0.15) is 29.8 Å². The van der Waals surface area contributed by atoms with Gasteiger partial charge < -0.3 is 10.4 Å². The minimum absolute atomic E-state index is 0.0274. The van der Waals surface area contributed by atoms with E-state index in [4.69, 9.17) is 5.11 Å². The van der Waals surface area contributed by atoms with E-state index in [-0.39, 0.29) is 36.5 Å². The number of carbonyl (C=O) groups excluding carboxylic acids is 1. The summed E-state index contributed by atoms with van der Waals surface area (Å²) in [5, 5.41) is 17.7. The van der Waals surface area contributed by atoms with Gasteiger partial charge in [-0.15, -0.1) is 0 Å². The molecule has 0 aliphatic heterocycles. The van der Waals surface area contributed by atoms with Crippen LogP contribution < -0.4 is 5.32 Å². The minimum Gasteiger partial charge on any atom is -0.396 e. The molecule has 2 aliphatic carbocycles. The summed E-state index contributed by atoms with van der Waals surface area (Å²) >= 11 is 0. The second-order valence-electron chi connectivity index (χ2n) is 6.15. The molecule has 126 valence electrons. The molecule has 0 bridgehead atoms. The Balaban J connectivity index is 1.66. The Hall–Kier alpha value is -1.83. The number of hydrogen-bond donors (Lipinski definition) is 3. The molecule has 0 saturated heterocycles. The summed E-state index contributed by atoms with van der Waals surface area (Å²) in [4.78, 5) is 12.3. The van der Waals surface area contributed by atoms with Gasteiger partial charge in [0.2, 0.25) is 5.91 Å². The molecule has 8 heteroatoms. The molecule has 1 heterocycles. The number of hydrogen-bond acceptors (Lipinski definition) is 3. The first-order valence-electron chi connectivity index (χ1n) is 7.61. The summed E-state index contributed by atoms with van der Waals surface area (Å²) in [7, 11) is 0. The Morgan fingerprint density at radius 3 is 2.87 bits per heavy atom. The number of halogens is 3. The van der Waals surface area contributed by atoms with E-state index in [1.54, 1.807) is 0 Å². The number of alkyl halides is 3. The molecule has 5 nitrogen and oxygen atoms in total. The molecule has 23 heavy (non-hydrogen) atoms. The summed E-state index contributed by atoms with van der Waals surface area (Å²) in [5.74, 6) is -0.690. The van der Waals surface area contributed by atoms with Crippen LogP contribution in [0.5, 0.6) is 0 Å². The summed E-state index contributed by atoms with van der Waals surface area (Å²) in [6.45, 7) is 0.0274. The van der Waals surface area contributed by atoms with Crippen molar-refractivity contribution in [3.8, 4) is 0 Å². The van der Waals surface area contributed by atoms with E-state index in [0.717, 1.165) is 0 Å². The van der Waals surface area contributed by atoms with Gasteiger partial charge in [-0.3, -0.25) is 9.89 Å². The highest BCUT2D eigenvalue weighted by molar-refractivity contribution is 5.80. The lowest BCUT2D eigenvalue weighted by Crippen LogP contribution is -2.39. The highest BCUT2D eigenvalue weighted by Gasteiger charge is 2.40. The molecule has 0 radical (unpaired) electrons. The number of nitrogens with zero attached hydrogens (tertiary/aromatic N) is 1. The lowest BCUT2D eigenvalue weighted by Gasteiger charge is -2.24. The first kappa shape index (κ1) is 16.0. The molecule has 1 unspecified atom stereocenters. The highest BCUT2D eigenvalue weighted by atomic mass is 19.4. The number of aliphatic hydroxyl groups is 1. The maximum atomic E-state index is 12.9. The van der Waals surface area contributed by atoms with Gasteiger partial charge in [0, 0.05) is 35.7 Å². The summed E-state index contributed by atoms with van der Waals surface area (Å²) in [5.41, 5.74) is -0.326. The zero-order chi connectivity index (χ0) is 16.6. The van der Waals surface area contributed by atoms with E-state index in [1.807, 2.05) is 12.2 Å². The molecule has 0 aromatic carbocycles. The molecule has 0 saturated carbocycles. The van der Waals surface area contributed by atoms with E-state index < -0.39 is 17.8 Å². The van der Waals surface area contributed by atoms with Crippen molar-refractivity contribution in [1.82, 2.24) is 15.5 Å². The Morgan fingerprint density at radius 2 is 2.22 bits per heavy atom. The lowest BCUT2D eigenvalue weighted by molar-refractivity contribution is -0.142. The van der Waals surface area contributed by atoms with Crippen molar-refractivity contribution in [2.75, 3.05) is 6.61 Å². The van der Waals surface area contributed by atoms with Crippen molar-refractivity contribution in [2.24, 2.45) is 11.8 Å². The van der Waals surface area contributed by atoms with Crippen LogP contribution in [-0.2, 0) is 23.8 Å². The fourth-order valence-electron chi connectivity index (χ4n) is 3.27. The first-order chi connectivity index (χ1) is 10.9. The number of amides is 1. The molecule has 0 spiro atoms. The van der Waals surface area contributed by atoms with Crippen molar-refractivity contribution in [2.45, 2.75) is 37.9 Å². The fourth-order valence-corrected chi connectivity index (χ4v) is 3.27. The average molecular weight is 329 g/mol. The van der Waals surface area contributed by atoms with Gasteiger partial charge in [0.05, 0.1) is 0 Å². The largest absolute Gasteiger partial charge is 0.435 e. The van der Waals surface area contributed by atoms with Gasteiger partial charge in [-0.05, 0) is 25.7 Å². The smallest absolute Gasteiger partial charge is 0.396 e. The number of nitrogens with one attached hydrogen (secondary N) is 2. The zero-order valence-corrected chi connectivity index (χ0v) is 12.4. The van der Waals surface area contributed by atoms with Gasteiger partial charge in [0.15, 0.2) is 5.69 Å². The normalized spacial score (nSPS) is 27.0. The van der Waals surface area contributed by atoms with Gasteiger partial charge in [0.1, 0.15) is 0 Å². The molecule has 1 aromatic heterocycles. The quantitative estimate of drug-likeness (QED) is 0.737. The Bertz CT molecular complexity index is 624. The van der Waals surface area contributed by atoms with E-state index in [2.05, 4.69) is 15.5 Å². The van der Waals surface area contributed by atoms with E-state index in [9.17, 15) is 18.0 Å². The second-order valence-corrected chi connectivity index (χ2v) is 6.15. The van der Waals surface area contributed by atoms with Crippen molar-refractivity contribution in [3.63, 3.8) is 0 Å². The molecule has 0 fully saturated rings. The van der Waals surface area contributed by atoms with Crippen molar-refractivity contribution in [1.29, 1.82) is 0 Å². The van der Waals surface area contributed by atoms with Crippen LogP contribution in [0.4, 0.5) is 13.2 Å². The molecule has 1 amide bonds. The van der Waals surface area contributed by atoms with Crippen LogP contribution in [0, 0.1) is 11.8 Å². The maximum absolute atomic E-state index is 12.9. The summed E-state index contributed by atoms with van der Waals surface area (Å²) in [6, 6.07) is -0.160. The van der Waals surface area contributed by atoms with Gasteiger partial charge in [0.25, 0.3) is 0 Å². The third kappa shape index (κ3) is 3.26. The number of rotatable bonds is 3. The molecular weight excluding hydrogens is 311 g/mol. The first-order valence-corrected chi connectivity index (χ1v) is 7.61. The average Bonchev–Trinajstić information content (AvgIpc) is 3.11. The third-order valence-corrected chi connectivity index (χ3v) is 4.52. The Kier molecular flexibility index (Phi) is 4.18. The number of fused-ring (bicyclic) bond motifs is 1. The number of aromatic nitrogens is 2. The molecule has 3 N–H and O–H groups in total. The molecule has 3 atom stereocenters. The standard InChI is InChI=1S/C15H18F3N3O2/c16-15(17,18)13-11-6-9(2-4-12(11)20-21-13)14(23)19-10-3-1-8(5-10)7-22/h1,3,8-10,22H,2,4-7H2,(H,19,23)(H,20,21)/t8-,9?,10+/m0/s1. The van der Waals surface area contributed by atoms with Crippen molar-refractivity contribution in [3.05, 3.63) is 29.1 Å². The lowest BCUT2D eigenvalue weighted by atomic mass is 9.85. The molecule has 3 rings (SSSR count). The third-order valence-electron chi connectivity index (χ3n) is 4.52. The van der Waals surface area contributed by atoms with E-state index in [1.165, 1.54) is 0 Å². The fraction of sp³-hybridized carbons (Fsp3) is 0.600. The summed E-state index contributed by atoms with van der Waals surface area (Å²) < 4.78 is 38.8. The monoisotopic (exact) mass is 329 g/mol. The second kappa shape index (κ2) is 5.99.